The van der Waals surface area contributed by atoms with E-state index in [1.54, 1.807) is 0 Å². The Morgan fingerprint density at radius 1 is 0.571 bits per heavy atom. The van der Waals surface area contributed by atoms with Crippen LogP contribution in [0, 0.1) is 0 Å². The van der Waals surface area contributed by atoms with Crippen LogP contribution in [0.15, 0.2) is 0 Å². The topological polar surface area (TPSA) is 0 Å². The molecule has 3 heteroatoms. The molecule has 130 valence electrons. The fourth-order valence-electron chi connectivity index (χ4n) is 3.09. The number of rotatable bonds is 15. The van der Waals surface area contributed by atoms with Gasteiger partial charge in [0, 0.05) is 0 Å². The Balaban J connectivity index is 0. The maximum atomic E-state index is 3.71. The van der Waals surface area contributed by atoms with Crippen LogP contribution in [0.2, 0.25) is 0 Å². The molecule has 0 fully saturated rings. The lowest BCUT2D eigenvalue weighted by Gasteiger charge is -2.39. The van der Waals surface area contributed by atoms with Crippen LogP contribution in [0.4, 0.5) is 0 Å². The van der Waals surface area contributed by atoms with Crippen LogP contribution in [-0.4, -0.2) is 36.0 Å². The van der Waals surface area contributed by atoms with Gasteiger partial charge in [-0.2, -0.15) is 0 Å². The molecule has 0 aliphatic heterocycles. The van der Waals surface area contributed by atoms with E-state index in [1.807, 2.05) is 0 Å². The Hall–Kier alpha value is 0.730. The molecule has 21 heavy (non-hydrogen) atoms. The molecule has 1 nitrogen and oxygen atoms in total. The van der Waals surface area contributed by atoms with Gasteiger partial charge in [0.05, 0.1) is 31.5 Å². The first-order chi connectivity index (χ1) is 9.74. The first-order valence-electron chi connectivity index (χ1n) is 9.15. The minimum absolute atomic E-state index is 0. The van der Waals surface area contributed by atoms with E-state index >= 15 is 0 Å². The summed E-state index contributed by atoms with van der Waals surface area (Å²) >= 11 is 3.71. The van der Waals surface area contributed by atoms with Crippen molar-refractivity contribution in [3.63, 3.8) is 0 Å². The van der Waals surface area contributed by atoms with Gasteiger partial charge < -0.3 is 16.9 Å². The summed E-state index contributed by atoms with van der Waals surface area (Å²) in [7, 11) is 0. The molecule has 0 radical (unpaired) electrons. The van der Waals surface area contributed by atoms with Crippen molar-refractivity contribution in [2.75, 3.05) is 31.5 Å². The fourth-order valence-corrected chi connectivity index (χ4v) is 3.84. The summed E-state index contributed by atoms with van der Waals surface area (Å²) in [5, 5.41) is 1.16. The highest BCUT2D eigenvalue weighted by Gasteiger charge is 2.24. The van der Waals surface area contributed by atoms with Crippen LogP contribution >= 0.6 is 15.9 Å². The summed E-state index contributed by atoms with van der Waals surface area (Å²) in [5.41, 5.74) is 0. The van der Waals surface area contributed by atoms with Gasteiger partial charge in [-0.25, -0.2) is 0 Å². The van der Waals surface area contributed by atoms with E-state index in [-0.39, 0.29) is 12.4 Å². The van der Waals surface area contributed by atoms with Crippen LogP contribution in [0.3, 0.4) is 0 Å². The smallest absolute Gasteiger partial charge is 0.0885 e. The van der Waals surface area contributed by atoms with E-state index in [2.05, 4.69) is 36.7 Å². The van der Waals surface area contributed by atoms with Gasteiger partial charge in [0.1, 0.15) is 0 Å². The van der Waals surface area contributed by atoms with Gasteiger partial charge in [0.25, 0.3) is 0 Å². The van der Waals surface area contributed by atoms with Crippen LogP contribution in [-0.2, 0) is 0 Å². The van der Waals surface area contributed by atoms with Crippen molar-refractivity contribution in [1.82, 2.24) is 0 Å². The molecule has 0 atom stereocenters. The average Bonchev–Trinajstić information content (AvgIpc) is 2.46. The second-order valence-corrected chi connectivity index (χ2v) is 7.19. The molecule has 0 aliphatic carbocycles. The lowest BCUT2D eigenvalue weighted by atomic mass is 10.1. The lowest BCUT2D eigenvalue weighted by molar-refractivity contribution is -0.926. The van der Waals surface area contributed by atoms with Gasteiger partial charge in [-0.3, -0.25) is 0 Å². The molecule has 0 bridgehead atoms. The van der Waals surface area contributed by atoms with Crippen LogP contribution < -0.4 is 12.4 Å². The van der Waals surface area contributed by atoms with E-state index in [1.165, 1.54) is 94.9 Å². The number of unbranched alkanes of at least 4 members (excludes halogenated alkanes) is 7. The summed E-state index contributed by atoms with van der Waals surface area (Å²) in [4.78, 5) is 0. The van der Waals surface area contributed by atoms with Crippen molar-refractivity contribution in [1.29, 1.82) is 0 Å². The van der Waals surface area contributed by atoms with Crippen molar-refractivity contribution < 1.29 is 16.9 Å². The highest BCUT2D eigenvalue weighted by Crippen LogP contribution is 2.17. The van der Waals surface area contributed by atoms with E-state index in [0.717, 1.165) is 5.33 Å². The number of alkyl halides is 1. The van der Waals surface area contributed by atoms with Crippen molar-refractivity contribution >= 4 is 15.9 Å². The fraction of sp³-hybridized carbons (Fsp3) is 1.00. The summed E-state index contributed by atoms with van der Waals surface area (Å²) in [6, 6.07) is 0. The van der Waals surface area contributed by atoms with Crippen molar-refractivity contribution in [2.24, 2.45) is 0 Å². The monoisotopic (exact) mass is 383 g/mol. The minimum Gasteiger partial charge on any atom is -1.00 e. The van der Waals surface area contributed by atoms with Crippen LogP contribution in [0.25, 0.3) is 0 Å². The second-order valence-electron chi connectivity index (χ2n) is 6.40. The minimum atomic E-state index is 0. The molecule has 0 aromatic carbocycles. The standard InChI is InChI=1S/C18H39BrN.ClH/c1-4-7-10-12-16-20(18-14-19,15-9-6-3)17-13-11-8-5-2;/h4-18H2,1-3H3;1H/q+1;/p-1. The van der Waals surface area contributed by atoms with Crippen molar-refractivity contribution in [2.45, 2.75) is 85.0 Å². The average molecular weight is 385 g/mol. The molecule has 0 aromatic rings. The van der Waals surface area contributed by atoms with Gasteiger partial charge in [-0.15, -0.1) is 0 Å². The number of quaternary nitrogens is 1. The zero-order valence-corrected chi connectivity index (χ0v) is 17.2. The molecule has 0 N–H and O–H groups in total. The SMILES string of the molecule is CCCCCC[N+](CCBr)(CCCC)CCCCCC.[Cl-]. The molecular weight excluding hydrogens is 346 g/mol. The number of nitrogens with zero attached hydrogens (tertiary/aromatic N) is 1. The molecule has 0 amide bonds. The third-order valence-corrected chi connectivity index (χ3v) is 4.87. The molecule has 0 rings (SSSR count). The maximum absolute atomic E-state index is 3.71. The van der Waals surface area contributed by atoms with E-state index in [0.29, 0.717) is 0 Å². The second kappa shape index (κ2) is 17.1. The van der Waals surface area contributed by atoms with E-state index in [9.17, 15) is 0 Å². The van der Waals surface area contributed by atoms with Crippen LogP contribution in [0.1, 0.15) is 85.0 Å². The van der Waals surface area contributed by atoms with Gasteiger partial charge in [-0.1, -0.05) is 68.8 Å². The van der Waals surface area contributed by atoms with Gasteiger partial charge in [0.15, 0.2) is 0 Å². The third-order valence-electron chi connectivity index (χ3n) is 4.52. The molecular formula is C18H39BrClN. The summed E-state index contributed by atoms with van der Waals surface area (Å²) < 4.78 is 1.38. The van der Waals surface area contributed by atoms with E-state index in [4.69, 9.17) is 0 Å². The zero-order valence-electron chi connectivity index (χ0n) is 14.8. The predicted octanol–water partition coefficient (Wildman–Crippen LogP) is 3.16. The molecule has 0 saturated heterocycles. The van der Waals surface area contributed by atoms with Crippen LogP contribution in [0.5, 0.6) is 0 Å². The maximum Gasteiger partial charge on any atom is 0.0885 e. The quantitative estimate of drug-likeness (QED) is 0.231. The largest absolute Gasteiger partial charge is 1.00 e. The number of hydrogen-bond acceptors (Lipinski definition) is 0. The van der Waals surface area contributed by atoms with Gasteiger partial charge in [0.2, 0.25) is 0 Å². The highest BCUT2D eigenvalue weighted by molar-refractivity contribution is 9.09. The molecule has 0 saturated carbocycles. The summed E-state index contributed by atoms with van der Waals surface area (Å²) in [6.07, 6.45) is 14.0. The van der Waals surface area contributed by atoms with Gasteiger partial charge in [-0.05, 0) is 32.1 Å². The molecule has 0 spiro atoms. The Kier molecular flexibility index (Phi) is 19.5. The summed E-state index contributed by atoms with van der Waals surface area (Å²) in [5.74, 6) is 0. The first-order valence-corrected chi connectivity index (χ1v) is 10.3. The highest BCUT2D eigenvalue weighted by atomic mass is 79.9. The number of halogens is 2. The van der Waals surface area contributed by atoms with Gasteiger partial charge >= 0.3 is 0 Å². The lowest BCUT2D eigenvalue weighted by Crippen LogP contribution is -3.00. The molecule has 0 aliphatic rings. The Morgan fingerprint density at radius 2 is 1.00 bits per heavy atom. The van der Waals surface area contributed by atoms with Crippen molar-refractivity contribution in [3.05, 3.63) is 0 Å². The van der Waals surface area contributed by atoms with Crippen molar-refractivity contribution in [3.8, 4) is 0 Å². The normalized spacial score (nSPS) is 11.4. The number of hydrogen-bond donors (Lipinski definition) is 0. The zero-order chi connectivity index (χ0) is 15.1. The Morgan fingerprint density at radius 3 is 1.38 bits per heavy atom. The Bertz CT molecular complexity index is 188. The first kappa shape index (κ1) is 24.0. The predicted molar refractivity (Wildman–Crippen MR) is 96.7 cm³/mol. The molecule has 0 heterocycles. The van der Waals surface area contributed by atoms with E-state index < -0.39 is 0 Å². The molecule has 0 aromatic heterocycles. The Labute approximate surface area is 149 Å². The summed E-state index contributed by atoms with van der Waals surface area (Å²) in [6.45, 7) is 12.5. The molecule has 0 unspecified atom stereocenters. The third kappa shape index (κ3) is 12.9.